The van der Waals surface area contributed by atoms with Gasteiger partial charge in [-0.25, -0.2) is 9.59 Å². The Hall–Kier alpha value is -1.92. The number of carbonyl (C=O) groups is 2. The number of hydrogen-bond acceptors (Lipinski definition) is 6. The first-order chi connectivity index (χ1) is 8.95. The van der Waals surface area contributed by atoms with Crippen LogP contribution in [0.25, 0.3) is 0 Å². The van der Waals surface area contributed by atoms with Crippen molar-refractivity contribution in [1.29, 1.82) is 0 Å². The molecule has 0 fully saturated rings. The van der Waals surface area contributed by atoms with Gasteiger partial charge in [0, 0.05) is 0 Å². The van der Waals surface area contributed by atoms with Crippen LogP contribution in [-0.4, -0.2) is 34.2 Å². The van der Waals surface area contributed by atoms with E-state index in [4.69, 9.17) is 4.74 Å². The Balaban J connectivity index is 2.44. The van der Waals surface area contributed by atoms with E-state index in [0.717, 1.165) is 0 Å². The van der Waals surface area contributed by atoms with Gasteiger partial charge in [-0.1, -0.05) is 25.5 Å². The van der Waals surface area contributed by atoms with Crippen molar-refractivity contribution in [2.75, 3.05) is 0 Å². The van der Waals surface area contributed by atoms with Gasteiger partial charge in [-0.3, -0.25) is 0 Å². The van der Waals surface area contributed by atoms with Gasteiger partial charge in [0.15, 0.2) is 6.10 Å². The van der Waals surface area contributed by atoms with Crippen molar-refractivity contribution in [2.45, 2.75) is 31.8 Å². The molecule has 1 atom stereocenters. The molecule has 1 unspecified atom stereocenters. The Kier molecular flexibility index (Phi) is 3.55. The molecule has 2 N–H and O–H groups in total. The summed E-state index contributed by atoms with van der Waals surface area (Å²) in [6.45, 7) is 1.78. The van der Waals surface area contributed by atoms with Gasteiger partial charge < -0.3 is 19.7 Å². The third-order valence-corrected chi connectivity index (χ3v) is 2.83. The Labute approximate surface area is 109 Å². The summed E-state index contributed by atoms with van der Waals surface area (Å²) in [6.07, 6.45) is -0.629. The first kappa shape index (κ1) is 13.5. The molecule has 1 aromatic rings. The average molecular weight is 266 g/mol. The number of fused-ring (bicyclic) bond motifs is 1. The number of ether oxygens (including phenoxy) is 2. The number of carbonyl (C=O) groups excluding carboxylic acids is 2. The quantitative estimate of drug-likeness (QED) is 0.608. The van der Waals surface area contributed by atoms with Crippen LogP contribution in [0.15, 0.2) is 24.3 Å². The molecule has 0 aliphatic carbocycles. The summed E-state index contributed by atoms with van der Waals surface area (Å²) < 4.78 is 9.62. The summed E-state index contributed by atoms with van der Waals surface area (Å²) in [5, 5.41) is 19.4. The highest BCUT2D eigenvalue weighted by Gasteiger charge is 2.44. The smallest absolute Gasteiger partial charge is 0.363 e. The highest BCUT2D eigenvalue weighted by Crippen LogP contribution is 2.25. The molecule has 19 heavy (non-hydrogen) atoms. The molecule has 0 spiro atoms. The zero-order valence-electron chi connectivity index (χ0n) is 10.3. The summed E-state index contributed by atoms with van der Waals surface area (Å²) in [5.41, 5.74) is -0.0148. The fourth-order valence-electron chi connectivity index (χ4n) is 1.87. The molecule has 0 amide bonds. The summed E-state index contributed by atoms with van der Waals surface area (Å²) in [7, 11) is 0. The topological polar surface area (TPSA) is 93.1 Å². The number of rotatable bonds is 2. The molecule has 102 valence electrons. The second kappa shape index (κ2) is 4.99. The van der Waals surface area contributed by atoms with Gasteiger partial charge in [-0.05, 0) is 18.6 Å². The maximum absolute atomic E-state index is 11.9. The van der Waals surface area contributed by atoms with Crippen LogP contribution in [-0.2, 0) is 9.47 Å². The number of esters is 2. The molecule has 1 aromatic carbocycles. The first-order valence-corrected chi connectivity index (χ1v) is 5.93. The van der Waals surface area contributed by atoms with Crippen LogP contribution in [0.3, 0.4) is 0 Å². The standard InChI is InChI=1S/C13H14O6/c1-2-5-10-13(16,17)19-12(15)9-7-4-3-6-8(9)11(14)18-10/h3-4,6-7,10,16-17H,2,5H2,1H3. The van der Waals surface area contributed by atoms with Gasteiger partial charge in [0.1, 0.15) is 0 Å². The molecule has 0 aromatic heterocycles. The van der Waals surface area contributed by atoms with Crippen molar-refractivity contribution in [1.82, 2.24) is 0 Å². The molecule has 0 saturated heterocycles. The Bertz CT molecular complexity index is 508. The number of aliphatic hydroxyl groups is 2. The van der Waals surface area contributed by atoms with Crippen molar-refractivity contribution in [3.05, 3.63) is 35.4 Å². The van der Waals surface area contributed by atoms with E-state index < -0.39 is 24.0 Å². The zero-order valence-corrected chi connectivity index (χ0v) is 10.3. The molecule has 0 bridgehead atoms. The second-order valence-electron chi connectivity index (χ2n) is 4.28. The predicted molar refractivity (Wildman–Crippen MR) is 63.1 cm³/mol. The van der Waals surface area contributed by atoms with Gasteiger partial charge in [0.25, 0.3) is 0 Å². The maximum atomic E-state index is 11.9. The van der Waals surface area contributed by atoms with Crippen molar-refractivity contribution >= 4 is 11.9 Å². The van der Waals surface area contributed by atoms with E-state index >= 15 is 0 Å². The van der Waals surface area contributed by atoms with Crippen LogP contribution in [0.1, 0.15) is 40.5 Å². The SMILES string of the molecule is CCCC1OC(=O)c2ccccc2C(=O)OC1(O)O. The van der Waals surface area contributed by atoms with E-state index in [1.165, 1.54) is 18.2 Å². The summed E-state index contributed by atoms with van der Waals surface area (Å²) in [4.78, 5) is 23.7. The summed E-state index contributed by atoms with van der Waals surface area (Å²) in [6, 6.07) is 5.89. The molecule has 6 heteroatoms. The minimum Gasteiger partial charge on any atom is -0.449 e. The average Bonchev–Trinajstić information content (AvgIpc) is 2.36. The zero-order chi connectivity index (χ0) is 14.0. The number of cyclic esters (lactones) is 2. The fraction of sp³-hybridized carbons (Fsp3) is 0.385. The summed E-state index contributed by atoms with van der Waals surface area (Å²) in [5.74, 6) is -4.58. The van der Waals surface area contributed by atoms with Crippen LogP contribution in [0.4, 0.5) is 0 Å². The Morgan fingerprint density at radius 1 is 1.16 bits per heavy atom. The number of hydrogen-bond donors (Lipinski definition) is 2. The van der Waals surface area contributed by atoms with E-state index in [2.05, 4.69) is 4.74 Å². The monoisotopic (exact) mass is 266 g/mol. The lowest BCUT2D eigenvalue weighted by atomic mass is 10.1. The van der Waals surface area contributed by atoms with Crippen molar-refractivity contribution in [3.63, 3.8) is 0 Å². The normalized spacial score (nSPS) is 21.7. The van der Waals surface area contributed by atoms with E-state index in [-0.39, 0.29) is 17.5 Å². The van der Waals surface area contributed by atoms with E-state index in [0.29, 0.717) is 6.42 Å². The van der Waals surface area contributed by atoms with Gasteiger partial charge in [-0.2, -0.15) is 0 Å². The van der Waals surface area contributed by atoms with Gasteiger partial charge in [0.05, 0.1) is 11.1 Å². The molecule has 2 rings (SSSR count). The highest BCUT2D eigenvalue weighted by atomic mass is 16.8. The molecule has 0 saturated carbocycles. The molecular formula is C13H14O6. The third kappa shape index (κ3) is 2.59. The van der Waals surface area contributed by atoms with Crippen LogP contribution in [0.5, 0.6) is 0 Å². The van der Waals surface area contributed by atoms with E-state index in [1.807, 2.05) is 0 Å². The lowest BCUT2D eigenvalue weighted by molar-refractivity contribution is -0.350. The lowest BCUT2D eigenvalue weighted by Gasteiger charge is -2.31. The van der Waals surface area contributed by atoms with E-state index in [9.17, 15) is 19.8 Å². The predicted octanol–water partition coefficient (Wildman–Crippen LogP) is 0.821. The van der Waals surface area contributed by atoms with Crippen molar-refractivity contribution < 1.29 is 29.3 Å². The molecule has 6 nitrogen and oxygen atoms in total. The fourth-order valence-corrected chi connectivity index (χ4v) is 1.87. The van der Waals surface area contributed by atoms with Crippen LogP contribution in [0.2, 0.25) is 0 Å². The third-order valence-electron chi connectivity index (χ3n) is 2.83. The minimum absolute atomic E-state index is 0.0455. The summed E-state index contributed by atoms with van der Waals surface area (Å²) >= 11 is 0. The minimum atomic E-state index is -2.82. The number of benzene rings is 1. The molecule has 1 aliphatic heterocycles. The largest absolute Gasteiger partial charge is 0.449 e. The highest BCUT2D eigenvalue weighted by molar-refractivity contribution is 6.03. The first-order valence-electron chi connectivity index (χ1n) is 5.93. The Morgan fingerprint density at radius 2 is 1.74 bits per heavy atom. The molecular weight excluding hydrogens is 252 g/mol. The molecule has 0 radical (unpaired) electrons. The van der Waals surface area contributed by atoms with Crippen LogP contribution >= 0.6 is 0 Å². The molecule has 1 heterocycles. The van der Waals surface area contributed by atoms with Crippen LogP contribution in [0, 0.1) is 0 Å². The van der Waals surface area contributed by atoms with E-state index in [1.54, 1.807) is 13.0 Å². The van der Waals surface area contributed by atoms with Gasteiger partial charge >= 0.3 is 17.9 Å². The maximum Gasteiger partial charge on any atom is 0.363 e. The Morgan fingerprint density at radius 3 is 2.32 bits per heavy atom. The van der Waals surface area contributed by atoms with Gasteiger partial charge in [-0.15, -0.1) is 0 Å². The van der Waals surface area contributed by atoms with Crippen LogP contribution < -0.4 is 0 Å². The molecule has 1 aliphatic rings. The second-order valence-corrected chi connectivity index (χ2v) is 4.28. The van der Waals surface area contributed by atoms with Gasteiger partial charge in [0.2, 0.25) is 0 Å². The lowest BCUT2D eigenvalue weighted by Crippen LogP contribution is -2.50. The van der Waals surface area contributed by atoms with Crippen molar-refractivity contribution in [2.24, 2.45) is 0 Å². The van der Waals surface area contributed by atoms with Crippen molar-refractivity contribution in [3.8, 4) is 0 Å².